The average molecular weight is 585 g/mol. The van der Waals surface area contributed by atoms with Crippen LogP contribution in [0.2, 0.25) is 0 Å². The summed E-state index contributed by atoms with van der Waals surface area (Å²) in [4.78, 5) is 0. The van der Waals surface area contributed by atoms with Crippen LogP contribution in [0.3, 0.4) is 0 Å². The van der Waals surface area contributed by atoms with E-state index in [4.69, 9.17) is 18.9 Å². The molecule has 2 aliphatic heterocycles. The van der Waals surface area contributed by atoms with Gasteiger partial charge in [0.25, 0.3) is 0 Å². The second kappa shape index (κ2) is 12.6. The number of phenols is 2. The molecule has 0 aromatic heterocycles. The lowest BCUT2D eigenvalue weighted by Gasteiger charge is -2.39. The van der Waals surface area contributed by atoms with Crippen molar-refractivity contribution in [2.75, 3.05) is 13.2 Å². The van der Waals surface area contributed by atoms with Gasteiger partial charge < -0.3 is 70.0 Å². The van der Waals surface area contributed by atoms with Crippen molar-refractivity contribution in [2.24, 2.45) is 0 Å². The van der Waals surface area contributed by atoms with Gasteiger partial charge in [-0.1, -0.05) is 0 Å². The fourth-order valence-corrected chi connectivity index (χ4v) is 4.88. The first-order chi connectivity index (χ1) is 19.4. The molecule has 0 amide bonds. The van der Waals surface area contributed by atoms with Gasteiger partial charge in [-0.05, 0) is 43.2 Å². The predicted molar refractivity (Wildman–Crippen MR) is 137 cm³/mol. The van der Waals surface area contributed by atoms with E-state index >= 15 is 0 Å². The number of aryl methyl sites for hydroxylation is 2. The largest absolute Gasteiger partial charge is 0.508 e. The highest BCUT2D eigenvalue weighted by Gasteiger charge is 2.46. The van der Waals surface area contributed by atoms with E-state index in [0.29, 0.717) is 16.7 Å². The predicted octanol–water partition coefficient (Wildman–Crippen LogP) is -2.34. The number of benzene rings is 2. The van der Waals surface area contributed by atoms with Crippen molar-refractivity contribution in [2.45, 2.75) is 81.7 Å². The highest BCUT2D eigenvalue weighted by atomic mass is 16.7. The van der Waals surface area contributed by atoms with Gasteiger partial charge in [-0.15, -0.1) is 0 Å². The fraction of sp³-hybridized carbons (Fsp3) is 0.556. The van der Waals surface area contributed by atoms with Crippen molar-refractivity contribution in [3.8, 4) is 23.0 Å². The lowest BCUT2D eigenvalue weighted by atomic mass is 9.96. The molecule has 0 radical (unpaired) electrons. The molecule has 0 aliphatic carbocycles. The summed E-state index contributed by atoms with van der Waals surface area (Å²) in [5.74, 6) is -0.389. The normalized spacial score (nSPS) is 33.9. The second-order valence-electron chi connectivity index (χ2n) is 10.3. The Morgan fingerprint density at radius 2 is 1.15 bits per heavy atom. The summed E-state index contributed by atoms with van der Waals surface area (Å²) in [5, 5.41) is 101. The van der Waals surface area contributed by atoms with Crippen LogP contribution in [0.5, 0.6) is 23.0 Å². The van der Waals surface area contributed by atoms with Gasteiger partial charge in [-0.2, -0.15) is 0 Å². The summed E-state index contributed by atoms with van der Waals surface area (Å²) in [6.45, 7) is 2.03. The second-order valence-corrected chi connectivity index (χ2v) is 10.3. The van der Waals surface area contributed by atoms with Gasteiger partial charge in [-0.3, -0.25) is 0 Å². The first kappa shape index (κ1) is 31.2. The van der Waals surface area contributed by atoms with Gasteiger partial charge in [0.05, 0.1) is 13.2 Å². The van der Waals surface area contributed by atoms with Crippen LogP contribution < -0.4 is 9.47 Å². The van der Waals surface area contributed by atoms with E-state index in [9.17, 15) is 51.1 Å². The van der Waals surface area contributed by atoms with Crippen LogP contribution >= 0.6 is 0 Å². The van der Waals surface area contributed by atoms with Gasteiger partial charge in [0, 0.05) is 23.6 Å². The summed E-state index contributed by atoms with van der Waals surface area (Å²) in [6.07, 6.45) is -15.2. The fourth-order valence-electron chi connectivity index (χ4n) is 4.88. The zero-order chi connectivity index (χ0) is 30.2. The van der Waals surface area contributed by atoms with Gasteiger partial charge in [0.2, 0.25) is 12.6 Å². The molecule has 2 saturated heterocycles. The quantitative estimate of drug-likeness (QED) is 0.157. The Hall–Kier alpha value is -2.76. The zero-order valence-electron chi connectivity index (χ0n) is 22.3. The summed E-state index contributed by atoms with van der Waals surface area (Å²) >= 11 is 0. The molecule has 2 aromatic rings. The monoisotopic (exact) mass is 584 g/mol. The third kappa shape index (κ3) is 6.36. The summed E-state index contributed by atoms with van der Waals surface area (Å²) in [5.41, 5.74) is 1.58. The summed E-state index contributed by atoms with van der Waals surface area (Å²) in [7, 11) is 0. The molecule has 0 unspecified atom stereocenters. The van der Waals surface area contributed by atoms with Gasteiger partial charge in [-0.25, -0.2) is 0 Å². The lowest BCUT2D eigenvalue weighted by Crippen LogP contribution is -2.60. The Labute approximate surface area is 234 Å². The number of aliphatic hydroxyl groups excluding tert-OH is 8. The number of rotatable bonds is 8. The molecule has 2 heterocycles. The molecular formula is C27H36O14. The van der Waals surface area contributed by atoms with E-state index in [-0.39, 0.29) is 35.0 Å². The summed E-state index contributed by atoms with van der Waals surface area (Å²) in [6, 6.07) is 5.71. The van der Waals surface area contributed by atoms with E-state index in [0.717, 1.165) is 0 Å². The van der Waals surface area contributed by atoms with Crippen LogP contribution in [0.1, 0.15) is 22.3 Å². The van der Waals surface area contributed by atoms with Crippen LogP contribution in [0.25, 0.3) is 0 Å². The number of aromatic hydroxyl groups is 2. The maximum absolute atomic E-state index is 10.9. The van der Waals surface area contributed by atoms with Crippen molar-refractivity contribution < 1.29 is 70.0 Å². The van der Waals surface area contributed by atoms with Gasteiger partial charge in [0.1, 0.15) is 71.8 Å². The SMILES string of the molecule is Cc1cc(O)c(Cc2c(C)cc(O[C@@H]3O[C@H](CO)[C@@H](O)[C@H](O)[C@H]3O)cc2O)c(O[C@@H]2O[C@H](CO)[C@@H](O)[C@H](O)[C@H]2O)c1. The smallest absolute Gasteiger partial charge is 0.229 e. The molecule has 228 valence electrons. The third-order valence-electron chi connectivity index (χ3n) is 7.30. The van der Waals surface area contributed by atoms with E-state index in [2.05, 4.69) is 0 Å². The molecule has 0 saturated carbocycles. The lowest BCUT2D eigenvalue weighted by molar-refractivity contribution is -0.277. The Morgan fingerprint density at radius 3 is 1.66 bits per heavy atom. The minimum atomic E-state index is -1.68. The zero-order valence-corrected chi connectivity index (χ0v) is 22.3. The van der Waals surface area contributed by atoms with Crippen molar-refractivity contribution in [3.63, 3.8) is 0 Å². The topological polar surface area (TPSA) is 239 Å². The van der Waals surface area contributed by atoms with E-state index in [1.165, 1.54) is 18.2 Å². The molecule has 0 bridgehead atoms. The van der Waals surface area contributed by atoms with E-state index < -0.39 is 74.6 Å². The average Bonchev–Trinajstić information content (AvgIpc) is 2.92. The van der Waals surface area contributed by atoms with Crippen molar-refractivity contribution in [3.05, 3.63) is 46.5 Å². The number of aliphatic hydroxyl groups is 8. The van der Waals surface area contributed by atoms with Crippen molar-refractivity contribution in [1.82, 2.24) is 0 Å². The molecular weight excluding hydrogens is 548 g/mol. The van der Waals surface area contributed by atoms with Gasteiger partial charge >= 0.3 is 0 Å². The molecule has 0 spiro atoms. The van der Waals surface area contributed by atoms with Crippen LogP contribution in [0.4, 0.5) is 0 Å². The third-order valence-corrected chi connectivity index (χ3v) is 7.30. The maximum atomic E-state index is 10.9. The Morgan fingerprint density at radius 1 is 0.634 bits per heavy atom. The molecule has 14 nitrogen and oxygen atoms in total. The van der Waals surface area contributed by atoms with Gasteiger partial charge in [0.15, 0.2) is 0 Å². The number of hydrogen-bond donors (Lipinski definition) is 10. The molecule has 10 N–H and O–H groups in total. The molecule has 14 heteroatoms. The van der Waals surface area contributed by atoms with Crippen LogP contribution in [0.15, 0.2) is 24.3 Å². The number of ether oxygens (including phenoxy) is 4. The Kier molecular flexibility index (Phi) is 9.60. The number of phenolic OH excluding ortho intramolecular Hbond substituents is 2. The molecule has 2 fully saturated rings. The van der Waals surface area contributed by atoms with Crippen LogP contribution in [-0.2, 0) is 15.9 Å². The maximum Gasteiger partial charge on any atom is 0.229 e. The van der Waals surface area contributed by atoms with Crippen molar-refractivity contribution in [1.29, 1.82) is 0 Å². The molecule has 4 rings (SSSR count). The highest BCUT2D eigenvalue weighted by Crippen LogP contribution is 2.38. The first-order valence-electron chi connectivity index (χ1n) is 13.0. The first-order valence-corrected chi connectivity index (χ1v) is 13.0. The van der Waals surface area contributed by atoms with Crippen LogP contribution in [-0.4, -0.2) is 126 Å². The summed E-state index contributed by atoms with van der Waals surface area (Å²) < 4.78 is 22.2. The Balaban J connectivity index is 1.58. The highest BCUT2D eigenvalue weighted by molar-refractivity contribution is 5.54. The van der Waals surface area contributed by atoms with E-state index in [1.54, 1.807) is 19.9 Å². The minimum absolute atomic E-state index is 0.0407. The molecule has 41 heavy (non-hydrogen) atoms. The van der Waals surface area contributed by atoms with E-state index in [1.807, 2.05) is 0 Å². The van der Waals surface area contributed by atoms with Crippen molar-refractivity contribution >= 4 is 0 Å². The molecule has 10 atom stereocenters. The minimum Gasteiger partial charge on any atom is -0.508 e. The standard InChI is InChI=1S/C27H36O14/c1-10-3-15(30)14(17(4-10)39-27-25(37)23(35)21(33)19(9-29)41-27)7-13-11(2)5-12(6-16(13)31)38-26-24(36)22(34)20(32)18(8-28)40-26/h3-6,18-37H,7-9H2,1-2H3/t18-,19-,20-,21-,22+,23+,24-,25-,26-,27-/m1/s1. The Bertz CT molecular complexity index is 1180. The van der Waals surface area contributed by atoms with Crippen LogP contribution in [0, 0.1) is 13.8 Å². The molecule has 2 aliphatic rings. The molecule has 2 aromatic carbocycles. The number of hydrogen-bond acceptors (Lipinski definition) is 14.